The largest absolute Gasteiger partial charge is 0.496 e. The van der Waals surface area contributed by atoms with Gasteiger partial charge in [-0.25, -0.2) is 0 Å². The molecule has 1 amide bonds. The van der Waals surface area contributed by atoms with Gasteiger partial charge in [-0.1, -0.05) is 0 Å². The number of fused-ring (bicyclic) bond motifs is 1. The molecule has 0 spiro atoms. The average Bonchev–Trinajstić information content (AvgIpc) is 2.57. The second-order valence-electron chi connectivity index (χ2n) is 5.75. The number of hydrogen-bond donors (Lipinski definition) is 2. The number of aliphatic hydroxyl groups is 1. The number of ether oxygens (including phenoxy) is 2. The average molecular weight is 337 g/mol. The van der Waals surface area contributed by atoms with Crippen molar-refractivity contribution >= 4 is 11.9 Å². The third-order valence-corrected chi connectivity index (χ3v) is 4.17. The summed E-state index contributed by atoms with van der Waals surface area (Å²) in [5, 5.41) is 19.1. The minimum atomic E-state index is -0.860. The zero-order valence-corrected chi connectivity index (χ0v) is 13.9. The summed E-state index contributed by atoms with van der Waals surface area (Å²) in [4.78, 5) is 24.4. The van der Waals surface area contributed by atoms with Crippen molar-refractivity contribution in [3.05, 3.63) is 23.3 Å². The second kappa shape index (κ2) is 8.01. The third-order valence-electron chi connectivity index (χ3n) is 4.17. The van der Waals surface area contributed by atoms with Crippen molar-refractivity contribution in [1.82, 2.24) is 4.90 Å². The topological polar surface area (TPSA) is 96.3 Å². The third kappa shape index (κ3) is 3.97. The maximum Gasteiger partial charge on any atom is 0.303 e. The molecule has 0 aromatic heterocycles. The number of benzene rings is 1. The summed E-state index contributed by atoms with van der Waals surface area (Å²) in [6.07, 6.45) is 0.456. The molecular weight excluding hydrogens is 314 g/mol. The maximum absolute atomic E-state index is 12.3. The van der Waals surface area contributed by atoms with Crippen molar-refractivity contribution in [3.8, 4) is 11.5 Å². The zero-order chi connectivity index (χ0) is 17.7. The molecule has 2 N–H and O–H groups in total. The van der Waals surface area contributed by atoms with Crippen molar-refractivity contribution in [2.45, 2.75) is 38.3 Å². The predicted octanol–water partition coefficient (Wildman–Crippen LogP) is 1.72. The van der Waals surface area contributed by atoms with E-state index in [0.29, 0.717) is 36.4 Å². The van der Waals surface area contributed by atoms with Gasteiger partial charge < -0.3 is 24.6 Å². The van der Waals surface area contributed by atoms with Crippen LogP contribution in [-0.2, 0) is 16.1 Å². The normalized spacial score (nSPS) is 16.5. The van der Waals surface area contributed by atoms with Crippen molar-refractivity contribution in [2.75, 3.05) is 20.8 Å². The first kappa shape index (κ1) is 18.1. The first-order valence-corrected chi connectivity index (χ1v) is 7.89. The Morgan fingerprint density at radius 1 is 1.17 bits per heavy atom. The Hall–Kier alpha value is -2.28. The van der Waals surface area contributed by atoms with Crippen LogP contribution in [0, 0.1) is 0 Å². The Balaban J connectivity index is 2.10. The van der Waals surface area contributed by atoms with Gasteiger partial charge in [0.15, 0.2) is 0 Å². The molecule has 0 saturated carbocycles. The van der Waals surface area contributed by atoms with Gasteiger partial charge in [0.1, 0.15) is 17.6 Å². The molecular formula is C17H23NO6. The lowest BCUT2D eigenvalue weighted by atomic mass is 9.95. The molecule has 1 aromatic carbocycles. The van der Waals surface area contributed by atoms with Gasteiger partial charge in [-0.2, -0.15) is 0 Å². The summed E-state index contributed by atoms with van der Waals surface area (Å²) in [5.74, 6) is 0.219. The van der Waals surface area contributed by atoms with Gasteiger partial charge in [-0.3, -0.25) is 9.59 Å². The lowest BCUT2D eigenvalue weighted by molar-refractivity contribution is -0.138. The van der Waals surface area contributed by atoms with E-state index in [9.17, 15) is 14.7 Å². The minimum Gasteiger partial charge on any atom is -0.496 e. The lowest BCUT2D eigenvalue weighted by Gasteiger charge is -2.34. The Morgan fingerprint density at radius 3 is 2.42 bits per heavy atom. The Kier molecular flexibility index (Phi) is 6.03. The van der Waals surface area contributed by atoms with Crippen LogP contribution < -0.4 is 9.47 Å². The lowest BCUT2D eigenvalue weighted by Crippen LogP contribution is -2.38. The number of methoxy groups -OCH3 is 2. The first-order chi connectivity index (χ1) is 11.5. The number of aliphatic carboxylic acids is 1. The molecule has 1 atom stereocenters. The van der Waals surface area contributed by atoms with E-state index in [2.05, 4.69) is 0 Å². The van der Waals surface area contributed by atoms with Crippen LogP contribution in [0.3, 0.4) is 0 Å². The molecule has 0 radical (unpaired) electrons. The van der Waals surface area contributed by atoms with E-state index in [-0.39, 0.29) is 25.3 Å². The van der Waals surface area contributed by atoms with E-state index in [1.807, 2.05) is 0 Å². The number of carboxylic acid groups (broad SMARTS) is 1. The summed E-state index contributed by atoms with van der Waals surface area (Å²) in [6.45, 7) is 0.527. The Labute approximate surface area is 140 Å². The smallest absolute Gasteiger partial charge is 0.303 e. The molecule has 0 fully saturated rings. The van der Waals surface area contributed by atoms with Crippen molar-refractivity contribution < 1.29 is 29.3 Å². The van der Waals surface area contributed by atoms with Crippen molar-refractivity contribution in [3.63, 3.8) is 0 Å². The number of hydrogen-bond acceptors (Lipinski definition) is 5. The van der Waals surface area contributed by atoms with Crippen molar-refractivity contribution in [1.29, 1.82) is 0 Å². The fraction of sp³-hybridized carbons (Fsp3) is 0.529. The van der Waals surface area contributed by atoms with E-state index in [1.54, 1.807) is 24.1 Å². The molecule has 132 valence electrons. The van der Waals surface area contributed by atoms with E-state index in [4.69, 9.17) is 14.6 Å². The van der Waals surface area contributed by atoms with E-state index < -0.39 is 12.1 Å². The highest BCUT2D eigenvalue weighted by molar-refractivity contribution is 5.77. The number of rotatable bonds is 7. The van der Waals surface area contributed by atoms with Crippen LogP contribution in [-0.4, -0.2) is 47.8 Å². The molecule has 0 saturated heterocycles. The predicted molar refractivity (Wildman–Crippen MR) is 86.0 cm³/mol. The molecule has 1 aromatic rings. The van der Waals surface area contributed by atoms with Crippen LogP contribution in [0.2, 0.25) is 0 Å². The summed E-state index contributed by atoms with van der Waals surface area (Å²) >= 11 is 0. The van der Waals surface area contributed by atoms with Crippen LogP contribution in [0.25, 0.3) is 0 Å². The summed E-state index contributed by atoms with van der Waals surface area (Å²) in [6, 6.07) is 3.50. The molecule has 1 unspecified atom stereocenters. The van der Waals surface area contributed by atoms with Gasteiger partial charge in [-0.15, -0.1) is 0 Å². The molecule has 7 nitrogen and oxygen atoms in total. The Bertz CT molecular complexity index is 615. The van der Waals surface area contributed by atoms with E-state index in [0.717, 1.165) is 5.56 Å². The maximum atomic E-state index is 12.3. The standard InChI is InChI=1S/C17H23NO6/c1-23-13-7-8-14(24-2)17-11(13)9-18(10-12(17)19)15(20)5-3-4-6-16(21)22/h7-8,12,19H,3-6,9-10H2,1-2H3,(H,21,22). The minimum absolute atomic E-state index is 0.0593. The van der Waals surface area contributed by atoms with Gasteiger partial charge >= 0.3 is 5.97 Å². The first-order valence-electron chi connectivity index (χ1n) is 7.89. The van der Waals surface area contributed by atoms with Crippen LogP contribution in [0.1, 0.15) is 42.9 Å². The fourth-order valence-electron chi connectivity index (χ4n) is 2.98. The number of carbonyl (C=O) groups excluding carboxylic acids is 1. The van der Waals surface area contributed by atoms with Gasteiger partial charge in [-0.05, 0) is 25.0 Å². The summed E-state index contributed by atoms with van der Waals surface area (Å²) in [7, 11) is 3.08. The molecule has 7 heteroatoms. The second-order valence-corrected chi connectivity index (χ2v) is 5.75. The number of unbranched alkanes of at least 4 members (excludes halogenated alkanes) is 1. The number of carbonyl (C=O) groups is 2. The highest BCUT2D eigenvalue weighted by Crippen LogP contribution is 2.39. The van der Waals surface area contributed by atoms with Gasteiger partial charge in [0.25, 0.3) is 0 Å². The van der Waals surface area contributed by atoms with Crippen LogP contribution >= 0.6 is 0 Å². The van der Waals surface area contributed by atoms with Crippen LogP contribution in [0.4, 0.5) is 0 Å². The van der Waals surface area contributed by atoms with Gasteiger partial charge in [0, 0.05) is 30.5 Å². The molecule has 2 rings (SSSR count). The zero-order valence-electron chi connectivity index (χ0n) is 13.9. The van der Waals surface area contributed by atoms with Crippen molar-refractivity contribution in [2.24, 2.45) is 0 Å². The van der Waals surface area contributed by atoms with Crippen LogP contribution in [0.5, 0.6) is 11.5 Å². The van der Waals surface area contributed by atoms with Gasteiger partial charge in [0.2, 0.25) is 5.91 Å². The number of amides is 1. The molecule has 1 aliphatic rings. The fourth-order valence-corrected chi connectivity index (χ4v) is 2.98. The number of nitrogens with zero attached hydrogens (tertiary/aromatic N) is 1. The Morgan fingerprint density at radius 2 is 1.79 bits per heavy atom. The quantitative estimate of drug-likeness (QED) is 0.736. The molecule has 0 bridgehead atoms. The van der Waals surface area contributed by atoms with E-state index in [1.165, 1.54) is 7.11 Å². The van der Waals surface area contributed by atoms with E-state index >= 15 is 0 Å². The molecule has 1 aliphatic heterocycles. The highest BCUT2D eigenvalue weighted by Gasteiger charge is 2.31. The number of β-amino-alcohol motifs (C(OH)–C–C–N with tert-alkyl or cyclic N) is 1. The number of aliphatic hydroxyl groups excluding tert-OH is 1. The SMILES string of the molecule is COc1ccc(OC)c2c1CN(C(=O)CCCCC(=O)O)CC2O. The van der Waals surface area contributed by atoms with Crippen LogP contribution in [0.15, 0.2) is 12.1 Å². The molecule has 24 heavy (non-hydrogen) atoms. The summed E-state index contributed by atoms with van der Waals surface area (Å²) in [5.41, 5.74) is 1.40. The molecule has 0 aliphatic carbocycles. The monoisotopic (exact) mass is 337 g/mol. The highest BCUT2D eigenvalue weighted by atomic mass is 16.5. The number of carboxylic acids is 1. The van der Waals surface area contributed by atoms with Gasteiger partial charge in [0.05, 0.1) is 20.8 Å². The summed E-state index contributed by atoms with van der Waals surface area (Å²) < 4.78 is 10.6. The molecule has 1 heterocycles.